The minimum absolute atomic E-state index is 0.421. The van der Waals surface area contributed by atoms with Crippen LogP contribution in [0.4, 0.5) is 0 Å². The third-order valence-electron chi connectivity index (χ3n) is 1.74. The van der Waals surface area contributed by atoms with Gasteiger partial charge in [0.2, 0.25) is 0 Å². The molecule has 1 rings (SSSR count). The van der Waals surface area contributed by atoms with Crippen LogP contribution in [0.25, 0.3) is 0 Å². The van der Waals surface area contributed by atoms with E-state index >= 15 is 0 Å². The van der Waals surface area contributed by atoms with E-state index in [4.69, 9.17) is 11.0 Å². The zero-order valence-electron chi connectivity index (χ0n) is 6.55. The summed E-state index contributed by atoms with van der Waals surface area (Å²) in [4.78, 5) is 0. The Morgan fingerprint density at radius 2 is 2.25 bits per heavy atom. The van der Waals surface area contributed by atoms with Gasteiger partial charge in [0.25, 0.3) is 0 Å². The summed E-state index contributed by atoms with van der Waals surface area (Å²) >= 11 is 3.35. The number of rotatable bonds is 2. The standard InChI is InChI=1S/C9H9BrN2/c10-4-7-2-1-3-8(5-11)9(7)6-12/h1-3H,4,6,12H2. The molecule has 0 bridgehead atoms. The van der Waals surface area contributed by atoms with Gasteiger partial charge < -0.3 is 5.73 Å². The number of nitrogens with two attached hydrogens (primary N) is 1. The third kappa shape index (κ3) is 1.66. The van der Waals surface area contributed by atoms with E-state index in [0.717, 1.165) is 16.5 Å². The number of halogens is 1. The average Bonchev–Trinajstić information content (AvgIpc) is 2.16. The molecule has 0 saturated heterocycles. The van der Waals surface area contributed by atoms with Crippen LogP contribution in [-0.2, 0) is 11.9 Å². The molecule has 0 spiro atoms. The van der Waals surface area contributed by atoms with Gasteiger partial charge in [-0.25, -0.2) is 0 Å². The van der Waals surface area contributed by atoms with Crippen LogP contribution in [0.5, 0.6) is 0 Å². The topological polar surface area (TPSA) is 49.8 Å². The molecule has 0 heterocycles. The minimum atomic E-state index is 0.421. The molecule has 0 aromatic heterocycles. The summed E-state index contributed by atoms with van der Waals surface area (Å²) in [7, 11) is 0. The number of nitrogens with zero attached hydrogens (tertiary/aromatic N) is 1. The van der Waals surface area contributed by atoms with Gasteiger partial charge in [-0.3, -0.25) is 0 Å². The fourth-order valence-corrected chi connectivity index (χ4v) is 1.63. The second-order valence-corrected chi connectivity index (χ2v) is 2.95. The highest BCUT2D eigenvalue weighted by Crippen LogP contribution is 2.16. The van der Waals surface area contributed by atoms with Gasteiger partial charge in [0.05, 0.1) is 11.6 Å². The van der Waals surface area contributed by atoms with E-state index in [1.165, 1.54) is 0 Å². The maximum absolute atomic E-state index is 8.75. The summed E-state index contributed by atoms with van der Waals surface area (Å²) in [5.74, 6) is 0. The summed E-state index contributed by atoms with van der Waals surface area (Å²) in [6.45, 7) is 0.421. The first-order valence-corrected chi connectivity index (χ1v) is 4.72. The van der Waals surface area contributed by atoms with Crippen molar-refractivity contribution in [3.05, 3.63) is 34.9 Å². The smallest absolute Gasteiger partial charge is 0.0995 e. The molecule has 2 nitrogen and oxygen atoms in total. The van der Waals surface area contributed by atoms with Crippen molar-refractivity contribution in [3.8, 4) is 6.07 Å². The summed E-state index contributed by atoms with van der Waals surface area (Å²) in [6, 6.07) is 7.75. The lowest BCUT2D eigenvalue weighted by molar-refractivity contribution is 1.04. The summed E-state index contributed by atoms with van der Waals surface area (Å²) < 4.78 is 0. The maximum Gasteiger partial charge on any atom is 0.0995 e. The Labute approximate surface area is 80.1 Å². The molecule has 0 radical (unpaired) electrons. The number of benzene rings is 1. The van der Waals surface area contributed by atoms with Gasteiger partial charge in [0, 0.05) is 11.9 Å². The van der Waals surface area contributed by atoms with Crippen molar-refractivity contribution >= 4 is 15.9 Å². The van der Waals surface area contributed by atoms with Crippen LogP contribution in [0.1, 0.15) is 16.7 Å². The fraction of sp³-hybridized carbons (Fsp3) is 0.222. The Balaban J connectivity index is 3.24. The van der Waals surface area contributed by atoms with Gasteiger partial charge in [-0.2, -0.15) is 5.26 Å². The van der Waals surface area contributed by atoms with E-state index in [1.807, 2.05) is 12.1 Å². The highest BCUT2D eigenvalue weighted by Gasteiger charge is 2.04. The lowest BCUT2D eigenvalue weighted by atomic mass is 10.0. The van der Waals surface area contributed by atoms with Crippen LogP contribution in [0, 0.1) is 11.3 Å². The zero-order valence-corrected chi connectivity index (χ0v) is 8.13. The van der Waals surface area contributed by atoms with E-state index < -0.39 is 0 Å². The van der Waals surface area contributed by atoms with Crippen LogP contribution in [0.3, 0.4) is 0 Å². The molecule has 62 valence electrons. The van der Waals surface area contributed by atoms with Crippen molar-refractivity contribution in [2.75, 3.05) is 0 Å². The van der Waals surface area contributed by atoms with Gasteiger partial charge >= 0.3 is 0 Å². The lowest BCUT2D eigenvalue weighted by Crippen LogP contribution is -2.03. The van der Waals surface area contributed by atoms with Crippen molar-refractivity contribution < 1.29 is 0 Å². The van der Waals surface area contributed by atoms with E-state index in [1.54, 1.807) is 6.07 Å². The molecule has 0 aliphatic carbocycles. The normalized spacial score (nSPS) is 9.42. The monoisotopic (exact) mass is 224 g/mol. The zero-order chi connectivity index (χ0) is 8.97. The number of hydrogen-bond donors (Lipinski definition) is 1. The van der Waals surface area contributed by atoms with Gasteiger partial charge in [-0.05, 0) is 17.2 Å². The van der Waals surface area contributed by atoms with E-state index in [9.17, 15) is 0 Å². The molecule has 0 unspecified atom stereocenters. The average molecular weight is 225 g/mol. The second-order valence-electron chi connectivity index (χ2n) is 2.39. The van der Waals surface area contributed by atoms with Crippen molar-refractivity contribution in [1.29, 1.82) is 5.26 Å². The first kappa shape index (κ1) is 9.24. The first-order valence-electron chi connectivity index (χ1n) is 3.60. The predicted molar refractivity (Wildman–Crippen MR) is 51.7 cm³/mol. The molecule has 1 aromatic rings. The van der Waals surface area contributed by atoms with Crippen LogP contribution in [0.15, 0.2) is 18.2 Å². The summed E-state index contributed by atoms with van der Waals surface area (Å²) in [5, 5.41) is 9.49. The highest BCUT2D eigenvalue weighted by molar-refractivity contribution is 9.08. The molecular formula is C9H9BrN2. The van der Waals surface area contributed by atoms with Crippen molar-refractivity contribution in [3.63, 3.8) is 0 Å². The maximum atomic E-state index is 8.75. The Morgan fingerprint density at radius 1 is 1.50 bits per heavy atom. The highest BCUT2D eigenvalue weighted by atomic mass is 79.9. The lowest BCUT2D eigenvalue weighted by Gasteiger charge is -2.05. The number of alkyl halides is 1. The van der Waals surface area contributed by atoms with Gasteiger partial charge in [0.1, 0.15) is 0 Å². The Hall–Kier alpha value is -0.850. The summed E-state index contributed by atoms with van der Waals surface area (Å²) in [5.41, 5.74) is 8.24. The van der Waals surface area contributed by atoms with Crippen LogP contribution < -0.4 is 5.73 Å². The SMILES string of the molecule is N#Cc1cccc(CBr)c1CN. The third-order valence-corrected chi connectivity index (χ3v) is 2.35. The molecule has 1 aromatic carbocycles. The molecule has 0 atom stereocenters. The fourth-order valence-electron chi connectivity index (χ4n) is 1.11. The number of hydrogen-bond acceptors (Lipinski definition) is 2. The van der Waals surface area contributed by atoms with Crippen molar-refractivity contribution in [2.24, 2.45) is 5.73 Å². The number of nitriles is 1. The second kappa shape index (κ2) is 4.24. The quantitative estimate of drug-likeness (QED) is 0.781. The van der Waals surface area contributed by atoms with Crippen LogP contribution in [0.2, 0.25) is 0 Å². The van der Waals surface area contributed by atoms with Crippen LogP contribution >= 0.6 is 15.9 Å². The minimum Gasteiger partial charge on any atom is -0.326 e. The van der Waals surface area contributed by atoms with Gasteiger partial charge in [-0.1, -0.05) is 28.1 Å². The predicted octanol–water partition coefficient (Wildman–Crippen LogP) is 1.91. The van der Waals surface area contributed by atoms with E-state index in [-0.39, 0.29) is 0 Å². The molecule has 0 fully saturated rings. The molecule has 3 heteroatoms. The molecule has 0 saturated carbocycles. The molecule has 2 N–H and O–H groups in total. The Bertz CT molecular complexity index is 315. The van der Waals surface area contributed by atoms with E-state index in [0.29, 0.717) is 12.1 Å². The van der Waals surface area contributed by atoms with E-state index in [2.05, 4.69) is 22.0 Å². The molecule has 0 aliphatic rings. The van der Waals surface area contributed by atoms with Crippen molar-refractivity contribution in [2.45, 2.75) is 11.9 Å². The Kier molecular flexibility index (Phi) is 3.27. The molecule has 12 heavy (non-hydrogen) atoms. The van der Waals surface area contributed by atoms with Gasteiger partial charge in [-0.15, -0.1) is 0 Å². The van der Waals surface area contributed by atoms with Crippen molar-refractivity contribution in [1.82, 2.24) is 0 Å². The van der Waals surface area contributed by atoms with Crippen LogP contribution in [-0.4, -0.2) is 0 Å². The first-order chi connectivity index (χ1) is 5.83. The molecular weight excluding hydrogens is 216 g/mol. The van der Waals surface area contributed by atoms with Gasteiger partial charge in [0.15, 0.2) is 0 Å². The summed E-state index contributed by atoms with van der Waals surface area (Å²) in [6.07, 6.45) is 0. The Morgan fingerprint density at radius 3 is 2.75 bits per heavy atom. The largest absolute Gasteiger partial charge is 0.326 e. The molecule has 0 aliphatic heterocycles. The molecule has 0 amide bonds.